The Hall–Kier alpha value is -1.50. The van der Waals surface area contributed by atoms with E-state index in [-0.39, 0.29) is 12.2 Å². The third-order valence-electron chi connectivity index (χ3n) is 4.01. The van der Waals surface area contributed by atoms with Crippen LogP contribution in [-0.4, -0.2) is 23.8 Å². The lowest BCUT2D eigenvalue weighted by molar-refractivity contribution is -0.135. The number of carbonyl (C=O) groups excluding carboxylic acids is 2. The number of halogens is 2. The number of anilines is 1. The highest BCUT2D eigenvalue weighted by Crippen LogP contribution is 2.43. The highest BCUT2D eigenvalue weighted by Gasteiger charge is 2.49. The second-order valence-electron chi connectivity index (χ2n) is 5.49. The third-order valence-corrected chi connectivity index (χ3v) is 5.03. The Morgan fingerprint density at radius 3 is 2.39 bits per heavy atom. The Morgan fingerprint density at radius 1 is 1.13 bits per heavy atom. The molecule has 6 heteroatoms. The Morgan fingerprint density at radius 2 is 1.74 bits per heavy atom. The number of amides is 1. The zero-order valence-corrected chi connectivity index (χ0v) is 15.4. The summed E-state index contributed by atoms with van der Waals surface area (Å²) in [4.78, 5) is 26.4. The van der Waals surface area contributed by atoms with Crippen LogP contribution in [0.3, 0.4) is 0 Å². The molecular formula is C17H13Br2NO3. The van der Waals surface area contributed by atoms with Crippen LogP contribution in [-0.2, 0) is 10.4 Å². The first-order chi connectivity index (χ1) is 10.8. The maximum atomic E-state index is 12.5. The summed E-state index contributed by atoms with van der Waals surface area (Å²) in [5, 5.41) is 11.0. The van der Waals surface area contributed by atoms with E-state index in [1.165, 1.54) is 4.90 Å². The first kappa shape index (κ1) is 16.4. The van der Waals surface area contributed by atoms with E-state index in [9.17, 15) is 14.7 Å². The van der Waals surface area contributed by atoms with Crippen LogP contribution in [0.4, 0.5) is 5.69 Å². The van der Waals surface area contributed by atoms with E-state index in [2.05, 4.69) is 31.9 Å². The fourth-order valence-electron chi connectivity index (χ4n) is 2.78. The van der Waals surface area contributed by atoms with Crippen LogP contribution in [0.1, 0.15) is 22.3 Å². The van der Waals surface area contributed by atoms with Gasteiger partial charge < -0.3 is 10.0 Å². The molecule has 0 saturated carbocycles. The van der Waals surface area contributed by atoms with E-state index in [0.29, 0.717) is 16.8 Å². The number of carbonyl (C=O) groups is 2. The summed E-state index contributed by atoms with van der Waals surface area (Å²) in [5.74, 6) is -0.773. The lowest BCUT2D eigenvalue weighted by Crippen LogP contribution is -2.40. The normalized spacial score (nSPS) is 19.8. The molecule has 0 saturated heterocycles. The van der Waals surface area contributed by atoms with Crippen LogP contribution in [0.5, 0.6) is 0 Å². The van der Waals surface area contributed by atoms with Crippen molar-refractivity contribution in [1.29, 1.82) is 0 Å². The number of nitrogens with zero attached hydrogens (tertiary/aromatic N) is 1. The van der Waals surface area contributed by atoms with Gasteiger partial charge in [0.2, 0.25) is 0 Å². The minimum absolute atomic E-state index is 0.283. The average molecular weight is 439 g/mol. The van der Waals surface area contributed by atoms with Gasteiger partial charge in [-0.15, -0.1) is 0 Å². The van der Waals surface area contributed by atoms with Crippen molar-refractivity contribution in [2.24, 2.45) is 0 Å². The van der Waals surface area contributed by atoms with Crippen molar-refractivity contribution in [3.63, 3.8) is 0 Å². The maximum Gasteiger partial charge on any atom is 0.263 e. The van der Waals surface area contributed by atoms with Crippen LogP contribution in [0.25, 0.3) is 0 Å². The first-order valence-corrected chi connectivity index (χ1v) is 8.51. The number of Topliss-reactive ketones (excluding diaryl/α,β-unsaturated/α-hetero) is 1. The monoisotopic (exact) mass is 437 g/mol. The van der Waals surface area contributed by atoms with Crippen LogP contribution in [0, 0.1) is 0 Å². The summed E-state index contributed by atoms with van der Waals surface area (Å²) in [7, 11) is 1.59. The summed E-state index contributed by atoms with van der Waals surface area (Å²) >= 11 is 6.66. The van der Waals surface area contributed by atoms with Crippen LogP contribution in [0.15, 0.2) is 51.4 Å². The van der Waals surface area contributed by atoms with Crippen molar-refractivity contribution in [2.45, 2.75) is 12.0 Å². The van der Waals surface area contributed by atoms with Gasteiger partial charge in [0.15, 0.2) is 11.4 Å². The minimum Gasteiger partial charge on any atom is -0.375 e. The number of fused-ring (bicyclic) bond motifs is 1. The average Bonchev–Trinajstić information content (AvgIpc) is 2.70. The molecule has 0 aromatic heterocycles. The Kier molecular flexibility index (Phi) is 4.16. The minimum atomic E-state index is -1.84. The standard InChI is InChI=1S/C17H13Br2NO3/c1-20-14-7-6-12(19)8-13(14)17(23,16(20)22)9-15(21)10-2-4-11(18)5-3-10/h2-8,23H,9H2,1H3. The topological polar surface area (TPSA) is 57.6 Å². The maximum absolute atomic E-state index is 12.5. The molecule has 1 unspecified atom stereocenters. The second kappa shape index (κ2) is 5.85. The Balaban J connectivity index is 1.98. The number of benzene rings is 2. The van der Waals surface area contributed by atoms with Gasteiger partial charge in [-0.2, -0.15) is 0 Å². The zero-order chi connectivity index (χ0) is 16.8. The molecular weight excluding hydrogens is 426 g/mol. The molecule has 0 radical (unpaired) electrons. The summed E-state index contributed by atoms with van der Waals surface area (Å²) in [5.41, 5.74) is -0.312. The van der Waals surface area contributed by atoms with Crippen molar-refractivity contribution < 1.29 is 14.7 Å². The highest BCUT2D eigenvalue weighted by molar-refractivity contribution is 9.10. The van der Waals surface area contributed by atoms with E-state index < -0.39 is 11.5 Å². The number of aliphatic hydroxyl groups is 1. The molecule has 1 aliphatic rings. The molecule has 23 heavy (non-hydrogen) atoms. The zero-order valence-electron chi connectivity index (χ0n) is 12.2. The van der Waals surface area contributed by atoms with Gasteiger partial charge in [0.1, 0.15) is 0 Å². The van der Waals surface area contributed by atoms with Gasteiger partial charge in [-0.3, -0.25) is 9.59 Å². The third kappa shape index (κ3) is 2.75. The second-order valence-corrected chi connectivity index (χ2v) is 7.32. The summed E-state index contributed by atoms with van der Waals surface area (Å²) in [6.45, 7) is 0. The van der Waals surface area contributed by atoms with Gasteiger partial charge in [0.05, 0.1) is 12.1 Å². The molecule has 1 amide bonds. The van der Waals surface area contributed by atoms with Gasteiger partial charge in [-0.05, 0) is 30.3 Å². The van der Waals surface area contributed by atoms with Crippen molar-refractivity contribution in [3.05, 3.63) is 62.5 Å². The number of likely N-dealkylation sites (N-methyl/N-ethyl adjacent to an activating group) is 1. The van der Waals surface area contributed by atoms with Crippen LogP contribution < -0.4 is 4.90 Å². The lowest BCUT2D eigenvalue weighted by Gasteiger charge is -2.21. The molecule has 0 fully saturated rings. The summed E-state index contributed by atoms with van der Waals surface area (Å²) < 4.78 is 1.60. The van der Waals surface area contributed by atoms with Gasteiger partial charge >= 0.3 is 0 Å². The molecule has 2 aromatic rings. The molecule has 3 rings (SSSR count). The molecule has 1 N–H and O–H groups in total. The predicted octanol–water partition coefficient (Wildman–Crippen LogP) is 3.65. The van der Waals surface area contributed by atoms with Gasteiger partial charge in [0, 0.05) is 27.1 Å². The van der Waals surface area contributed by atoms with E-state index in [0.717, 1.165) is 8.95 Å². The van der Waals surface area contributed by atoms with E-state index in [1.54, 1.807) is 49.5 Å². The van der Waals surface area contributed by atoms with E-state index >= 15 is 0 Å². The molecule has 1 heterocycles. The van der Waals surface area contributed by atoms with Crippen molar-refractivity contribution >= 4 is 49.2 Å². The van der Waals surface area contributed by atoms with Crippen molar-refractivity contribution in [3.8, 4) is 0 Å². The molecule has 1 atom stereocenters. The van der Waals surface area contributed by atoms with Crippen LogP contribution >= 0.6 is 31.9 Å². The Bertz CT molecular complexity index is 804. The number of hydrogen-bond acceptors (Lipinski definition) is 3. The molecule has 4 nitrogen and oxygen atoms in total. The quantitative estimate of drug-likeness (QED) is 0.744. The van der Waals surface area contributed by atoms with Crippen LogP contribution in [0.2, 0.25) is 0 Å². The molecule has 118 valence electrons. The molecule has 0 spiro atoms. The fourth-order valence-corrected chi connectivity index (χ4v) is 3.40. The van der Waals surface area contributed by atoms with Crippen molar-refractivity contribution in [1.82, 2.24) is 0 Å². The molecule has 0 aliphatic carbocycles. The van der Waals surface area contributed by atoms with Crippen molar-refractivity contribution in [2.75, 3.05) is 11.9 Å². The van der Waals surface area contributed by atoms with E-state index in [1.807, 2.05) is 0 Å². The Labute approximate surface area is 150 Å². The number of hydrogen-bond donors (Lipinski definition) is 1. The van der Waals surface area contributed by atoms with Gasteiger partial charge in [-0.1, -0.05) is 44.0 Å². The predicted molar refractivity (Wildman–Crippen MR) is 94.5 cm³/mol. The number of rotatable bonds is 3. The van der Waals surface area contributed by atoms with E-state index in [4.69, 9.17) is 0 Å². The molecule has 2 aromatic carbocycles. The smallest absolute Gasteiger partial charge is 0.263 e. The fraction of sp³-hybridized carbons (Fsp3) is 0.176. The molecule has 1 aliphatic heterocycles. The highest BCUT2D eigenvalue weighted by atomic mass is 79.9. The number of ketones is 1. The van der Waals surface area contributed by atoms with Gasteiger partial charge in [-0.25, -0.2) is 0 Å². The summed E-state index contributed by atoms with van der Waals surface area (Å²) in [6.07, 6.45) is -0.290. The summed E-state index contributed by atoms with van der Waals surface area (Å²) in [6, 6.07) is 12.1. The largest absolute Gasteiger partial charge is 0.375 e. The first-order valence-electron chi connectivity index (χ1n) is 6.92. The van der Waals surface area contributed by atoms with Gasteiger partial charge in [0.25, 0.3) is 5.91 Å². The lowest BCUT2D eigenvalue weighted by atomic mass is 9.88. The SMILES string of the molecule is CN1C(=O)C(O)(CC(=O)c2ccc(Br)cc2)c2cc(Br)ccc21. The molecule has 0 bridgehead atoms.